The molecule has 1 saturated carbocycles. The fraction of sp³-hybridized carbons (Fsp3) is 0.667. The summed E-state index contributed by atoms with van der Waals surface area (Å²) in [7, 11) is 0. The van der Waals surface area contributed by atoms with Crippen molar-refractivity contribution in [2.45, 2.75) is 25.7 Å². The van der Waals surface area contributed by atoms with Gasteiger partial charge in [-0.3, -0.25) is 4.79 Å². The van der Waals surface area contributed by atoms with Crippen LogP contribution >= 0.6 is 15.9 Å². The highest BCUT2D eigenvalue weighted by Crippen LogP contribution is 2.22. The molecule has 1 unspecified atom stereocenters. The van der Waals surface area contributed by atoms with Crippen LogP contribution in [0.15, 0.2) is 12.2 Å². The molecule has 0 radical (unpaired) electrons. The quantitative estimate of drug-likeness (QED) is 0.513. The van der Waals surface area contributed by atoms with E-state index in [9.17, 15) is 4.79 Å². The van der Waals surface area contributed by atoms with Crippen LogP contribution in [0.25, 0.3) is 0 Å². The van der Waals surface area contributed by atoms with Crippen LogP contribution in [0.5, 0.6) is 0 Å². The molecule has 1 rings (SSSR count). The molecule has 0 aliphatic heterocycles. The van der Waals surface area contributed by atoms with Crippen molar-refractivity contribution in [1.29, 1.82) is 0 Å². The zero-order valence-electron chi connectivity index (χ0n) is 6.55. The Hall–Kier alpha value is -0.110. The van der Waals surface area contributed by atoms with Crippen molar-refractivity contribution in [1.82, 2.24) is 0 Å². The second kappa shape index (κ2) is 4.70. The van der Waals surface area contributed by atoms with Gasteiger partial charge in [0, 0.05) is 18.2 Å². The molecule has 1 nitrogen and oxygen atoms in total. The molecule has 2 heteroatoms. The van der Waals surface area contributed by atoms with Crippen molar-refractivity contribution in [3.05, 3.63) is 12.2 Å². The summed E-state index contributed by atoms with van der Waals surface area (Å²) in [6.07, 6.45) is 8.09. The lowest BCUT2D eigenvalue weighted by atomic mass is 9.88. The zero-order valence-corrected chi connectivity index (χ0v) is 8.14. The lowest BCUT2D eigenvalue weighted by Crippen LogP contribution is -2.12. The van der Waals surface area contributed by atoms with Gasteiger partial charge in [0.15, 0.2) is 0 Å². The van der Waals surface area contributed by atoms with Gasteiger partial charge in [-0.15, -0.1) is 0 Å². The number of halogens is 1. The zero-order chi connectivity index (χ0) is 8.10. The van der Waals surface area contributed by atoms with Gasteiger partial charge in [-0.1, -0.05) is 28.1 Å². The smallest absolute Gasteiger partial charge is 0.133 e. The Morgan fingerprint density at radius 2 is 2.45 bits per heavy atom. The lowest BCUT2D eigenvalue weighted by molar-refractivity contribution is -0.121. The summed E-state index contributed by atoms with van der Waals surface area (Å²) in [5.41, 5.74) is 0. The third-order valence-corrected chi connectivity index (χ3v) is 2.39. The SMILES string of the molecule is O=C1CCCC(/C=C/CBr)C1. The molecule has 0 aromatic heterocycles. The number of hydrogen-bond acceptors (Lipinski definition) is 1. The Kier molecular flexibility index (Phi) is 3.84. The minimum Gasteiger partial charge on any atom is -0.300 e. The van der Waals surface area contributed by atoms with Crippen molar-refractivity contribution in [2.24, 2.45) is 5.92 Å². The predicted molar refractivity (Wildman–Crippen MR) is 49.9 cm³/mol. The van der Waals surface area contributed by atoms with Crippen LogP contribution in [0.1, 0.15) is 25.7 Å². The fourth-order valence-electron chi connectivity index (χ4n) is 1.47. The Bertz CT molecular complexity index is 163. The standard InChI is InChI=1S/C9H13BrO/c10-6-2-4-8-3-1-5-9(11)7-8/h2,4,8H,1,3,5-7H2/b4-2+. The first-order chi connectivity index (χ1) is 5.33. The Labute approximate surface area is 76.0 Å². The first-order valence-electron chi connectivity index (χ1n) is 4.07. The van der Waals surface area contributed by atoms with E-state index in [-0.39, 0.29) is 0 Å². The van der Waals surface area contributed by atoms with Gasteiger partial charge in [0.25, 0.3) is 0 Å². The van der Waals surface area contributed by atoms with Crippen LogP contribution in [-0.2, 0) is 4.79 Å². The largest absolute Gasteiger partial charge is 0.300 e. The van der Waals surface area contributed by atoms with E-state index in [2.05, 4.69) is 28.1 Å². The number of carbonyl (C=O) groups is 1. The molecule has 0 heterocycles. The maximum Gasteiger partial charge on any atom is 0.133 e. The molecule has 1 fully saturated rings. The summed E-state index contributed by atoms with van der Waals surface area (Å²) in [6.45, 7) is 0. The number of carbonyl (C=O) groups excluding carboxylic acids is 1. The monoisotopic (exact) mass is 216 g/mol. The molecular formula is C9H13BrO. The number of Topliss-reactive ketones (excluding diaryl/α,β-unsaturated/α-hetero) is 1. The number of allylic oxidation sites excluding steroid dienone is 2. The molecule has 0 aromatic carbocycles. The molecule has 0 amide bonds. The van der Waals surface area contributed by atoms with Gasteiger partial charge in [0.1, 0.15) is 5.78 Å². The summed E-state index contributed by atoms with van der Waals surface area (Å²) in [5.74, 6) is 0.953. The van der Waals surface area contributed by atoms with E-state index < -0.39 is 0 Å². The van der Waals surface area contributed by atoms with Crippen LogP contribution in [-0.4, -0.2) is 11.1 Å². The summed E-state index contributed by atoms with van der Waals surface area (Å²) in [4.78, 5) is 11.0. The van der Waals surface area contributed by atoms with Crippen molar-refractivity contribution < 1.29 is 4.79 Å². The Morgan fingerprint density at radius 3 is 3.09 bits per heavy atom. The van der Waals surface area contributed by atoms with Crippen molar-refractivity contribution >= 4 is 21.7 Å². The Morgan fingerprint density at radius 1 is 1.64 bits per heavy atom. The van der Waals surface area contributed by atoms with Crippen molar-refractivity contribution in [2.75, 3.05) is 5.33 Å². The summed E-state index contributed by atoms with van der Waals surface area (Å²) >= 11 is 3.32. The number of alkyl halides is 1. The predicted octanol–water partition coefficient (Wildman–Crippen LogP) is 2.70. The first kappa shape index (κ1) is 8.98. The van der Waals surface area contributed by atoms with Crippen LogP contribution in [0.3, 0.4) is 0 Å². The summed E-state index contributed by atoms with van der Waals surface area (Å²) < 4.78 is 0. The van der Waals surface area contributed by atoms with Gasteiger partial charge < -0.3 is 0 Å². The van der Waals surface area contributed by atoms with E-state index in [0.29, 0.717) is 11.7 Å². The highest BCUT2D eigenvalue weighted by molar-refractivity contribution is 9.09. The average Bonchev–Trinajstić information content (AvgIpc) is 2.01. The van der Waals surface area contributed by atoms with Gasteiger partial charge >= 0.3 is 0 Å². The van der Waals surface area contributed by atoms with Gasteiger partial charge in [-0.25, -0.2) is 0 Å². The molecule has 1 atom stereocenters. The van der Waals surface area contributed by atoms with E-state index in [1.807, 2.05) is 0 Å². The number of rotatable bonds is 2. The molecule has 0 N–H and O–H groups in total. The normalized spacial score (nSPS) is 26.3. The maximum atomic E-state index is 11.0. The van der Waals surface area contributed by atoms with E-state index in [4.69, 9.17) is 0 Å². The molecule has 1 aliphatic carbocycles. The van der Waals surface area contributed by atoms with Crippen LogP contribution in [0.4, 0.5) is 0 Å². The summed E-state index contributed by atoms with van der Waals surface area (Å²) in [6, 6.07) is 0. The highest BCUT2D eigenvalue weighted by atomic mass is 79.9. The minimum absolute atomic E-state index is 0.431. The van der Waals surface area contributed by atoms with Gasteiger partial charge in [0.05, 0.1) is 0 Å². The molecule has 0 bridgehead atoms. The van der Waals surface area contributed by atoms with E-state index in [0.717, 1.165) is 24.6 Å². The van der Waals surface area contributed by atoms with Crippen LogP contribution < -0.4 is 0 Å². The molecule has 1 aliphatic rings. The lowest BCUT2D eigenvalue weighted by Gasteiger charge is -2.16. The number of hydrogen-bond donors (Lipinski definition) is 0. The highest BCUT2D eigenvalue weighted by Gasteiger charge is 2.16. The number of ketones is 1. The van der Waals surface area contributed by atoms with Crippen molar-refractivity contribution in [3.8, 4) is 0 Å². The minimum atomic E-state index is 0.431. The topological polar surface area (TPSA) is 17.1 Å². The van der Waals surface area contributed by atoms with Crippen LogP contribution in [0, 0.1) is 5.92 Å². The third kappa shape index (κ3) is 3.19. The van der Waals surface area contributed by atoms with E-state index in [1.54, 1.807) is 0 Å². The molecule has 0 aromatic rings. The van der Waals surface area contributed by atoms with E-state index in [1.165, 1.54) is 6.42 Å². The fourth-order valence-corrected chi connectivity index (χ4v) is 1.68. The molecule has 0 spiro atoms. The molecule has 11 heavy (non-hydrogen) atoms. The van der Waals surface area contributed by atoms with E-state index >= 15 is 0 Å². The maximum absolute atomic E-state index is 11.0. The molecular weight excluding hydrogens is 204 g/mol. The van der Waals surface area contributed by atoms with Crippen molar-refractivity contribution in [3.63, 3.8) is 0 Å². The second-order valence-corrected chi connectivity index (χ2v) is 3.63. The van der Waals surface area contributed by atoms with Gasteiger partial charge in [-0.2, -0.15) is 0 Å². The Balaban J connectivity index is 2.34. The molecule has 0 saturated heterocycles. The molecule has 62 valence electrons. The summed E-state index contributed by atoms with van der Waals surface area (Å²) in [5, 5.41) is 0.900. The first-order valence-corrected chi connectivity index (χ1v) is 5.19. The van der Waals surface area contributed by atoms with Crippen LogP contribution in [0.2, 0.25) is 0 Å². The van der Waals surface area contributed by atoms with Gasteiger partial charge in [0.2, 0.25) is 0 Å². The van der Waals surface area contributed by atoms with Gasteiger partial charge in [-0.05, 0) is 18.8 Å². The second-order valence-electron chi connectivity index (χ2n) is 2.98. The average molecular weight is 217 g/mol. The third-order valence-electron chi connectivity index (χ3n) is 2.02.